The van der Waals surface area contributed by atoms with Crippen molar-refractivity contribution in [1.29, 1.82) is 0 Å². The van der Waals surface area contributed by atoms with E-state index in [0.29, 0.717) is 5.88 Å². The van der Waals surface area contributed by atoms with Gasteiger partial charge in [0.15, 0.2) is 5.65 Å². The number of rotatable bonds is 3. The Bertz CT molecular complexity index is 674. The second-order valence-corrected chi connectivity index (χ2v) is 5.46. The molecule has 1 fully saturated rings. The molecule has 1 amide bonds. The number of aryl methyl sites for hydroxylation is 2. The molecule has 1 saturated heterocycles. The predicted octanol–water partition coefficient (Wildman–Crippen LogP) is 1.47. The summed E-state index contributed by atoms with van der Waals surface area (Å²) in [6.45, 7) is 2.82. The third-order valence-corrected chi connectivity index (χ3v) is 4.21. The van der Waals surface area contributed by atoms with E-state index in [2.05, 4.69) is 17.0 Å². The molecule has 2 aromatic heterocycles. The highest BCUT2D eigenvalue weighted by Gasteiger charge is 2.34. The predicted molar refractivity (Wildman–Crippen MR) is 76.7 cm³/mol. The summed E-state index contributed by atoms with van der Waals surface area (Å²) >= 11 is 6.03. The Kier molecular flexibility index (Phi) is 3.20. The Balaban J connectivity index is 2.23. The van der Waals surface area contributed by atoms with Gasteiger partial charge in [-0.05, 0) is 12.8 Å². The lowest BCUT2D eigenvalue weighted by Gasteiger charge is -2.15. The van der Waals surface area contributed by atoms with Crippen LogP contribution in [0.2, 0.25) is 0 Å². The Morgan fingerprint density at radius 2 is 2.15 bits per heavy atom. The van der Waals surface area contributed by atoms with Gasteiger partial charge in [0.2, 0.25) is 5.91 Å². The van der Waals surface area contributed by atoms with E-state index in [1.807, 2.05) is 23.3 Å². The molecule has 1 aliphatic rings. The summed E-state index contributed by atoms with van der Waals surface area (Å²) in [6, 6.07) is -0.209. The molecule has 6 nitrogen and oxygen atoms in total. The van der Waals surface area contributed by atoms with Crippen molar-refractivity contribution in [2.24, 2.45) is 7.05 Å². The van der Waals surface area contributed by atoms with Gasteiger partial charge >= 0.3 is 0 Å². The zero-order valence-electron chi connectivity index (χ0n) is 11.9. The minimum atomic E-state index is -0.209. The molecule has 0 bridgehead atoms. The number of imidazole rings is 1. The molecule has 7 heteroatoms. The van der Waals surface area contributed by atoms with Gasteiger partial charge in [-0.25, -0.2) is 4.98 Å². The van der Waals surface area contributed by atoms with Gasteiger partial charge in [0.1, 0.15) is 17.4 Å². The smallest absolute Gasteiger partial charge is 0.245 e. The van der Waals surface area contributed by atoms with Gasteiger partial charge in [-0.2, -0.15) is 5.10 Å². The van der Waals surface area contributed by atoms with Crippen molar-refractivity contribution in [2.45, 2.75) is 31.7 Å². The molecule has 1 unspecified atom stereocenters. The Labute approximate surface area is 122 Å². The van der Waals surface area contributed by atoms with Crippen LogP contribution in [0, 0.1) is 0 Å². The van der Waals surface area contributed by atoms with Crippen molar-refractivity contribution in [1.82, 2.24) is 24.2 Å². The molecule has 0 aromatic carbocycles. The number of hydrogen-bond acceptors (Lipinski definition) is 3. The Morgan fingerprint density at radius 1 is 1.40 bits per heavy atom. The molecular weight excluding hydrogens is 278 g/mol. The second kappa shape index (κ2) is 4.77. The van der Waals surface area contributed by atoms with Crippen LogP contribution < -0.4 is 0 Å². The minimum absolute atomic E-state index is 0.120. The fourth-order valence-corrected chi connectivity index (χ4v) is 3.14. The summed E-state index contributed by atoms with van der Waals surface area (Å²) in [5.74, 6) is 1.17. The van der Waals surface area contributed by atoms with Gasteiger partial charge in [0.25, 0.3) is 0 Å². The molecule has 0 saturated carbocycles. The van der Waals surface area contributed by atoms with Crippen molar-refractivity contribution in [3.8, 4) is 0 Å². The minimum Gasteiger partial charge on any atom is -0.344 e. The molecule has 20 heavy (non-hydrogen) atoms. The highest BCUT2D eigenvalue weighted by molar-refractivity contribution is 6.17. The highest BCUT2D eigenvalue weighted by atomic mass is 35.5. The SMILES string of the molecule is CCc1nn(C)c2c1nc(CCl)n2C1CCN(C)C1=O. The van der Waals surface area contributed by atoms with Crippen LogP contribution in [0.15, 0.2) is 0 Å². The second-order valence-electron chi connectivity index (χ2n) is 5.19. The third-order valence-electron chi connectivity index (χ3n) is 3.97. The average molecular weight is 296 g/mol. The lowest BCUT2D eigenvalue weighted by molar-refractivity contribution is -0.129. The molecule has 0 radical (unpaired) electrons. The van der Waals surface area contributed by atoms with E-state index in [4.69, 9.17) is 11.6 Å². The average Bonchev–Trinajstić information content (AvgIpc) is 3.06. The molecule has 1 atom stereocenters. The van der Waals surface area contributed by atoms with Crippen LogP contribution in [0.5, 0.6) is 0 Å². The highest BCUT2D eigenvalue weighted by Crippen LogP contribution is 2.30. The van der Waals surface area contributed by atoms with Gasteiger partial charge in [0.05, 0.1) is 11.6 Å². The third kappa shape index (κ3) is 1.74. The van der Waals surface area contributed by atoms with Crippen LogP contribution in [0.3, 0.4) is 0 Å². The van der Waals surface area contributed by atoms with Crippen molar-refractivity contribution in [3.05, 3.63) is 11.5 Å². The first-order valence-electron chi connectivity index (χ1n) is 6.82. The summed E-state index contributed by atoms with van der Waals surface area (Å²) in [5.41, 5.74) is 2.71. The van der Waals surface area contributed by atoms with Crippen molar-refractivity contribution in [2.75, 3.05) is 13.6 Å². The molecule has 0 spiro atoms. The molecule has 2 aromatic rings. The zero-order valence-corrected chi connectivity index (χ0v) is 12.7. The van der Waals surface area contributed by atoms with Crippen LogP contribution in [0.25, 0.3) is 11.2 Å². The van der Waals surface area contributed by atoms with Crippen LogP contribution in [-0.2, 0) is 24.1 Å². The molecule has 1 aliphatic heterocycles. The molecule has 3 rings (SSSR count). The standard InChI is InChI=1S/C13H18ClN5O/c1-4-8-11-12(18(3)16-8)19(10(7-14)15-11)9-5-6-17(2)13(9)20/h9H,4-7H2,1-3H3. The summed E-state index contributed by atoms with van der Waals surface area (Å²) in [5, 5.41) is 4.49. The van der Waals surface area contributed by atoms with Crippen LogP contribution >= 0.6 is 11.6 Å². The van der Waals surface area contributed by atoms with E-state index in [1.165, 1.54) is 0 Å². The van der Waals surface area contributed by atoms with E-state index in [1.54, 1.807) is 4.90 Å². The number of nitrogens with zero attached hydrogens (tertiary/aromatic N) is 5. The van der Waals surface area contributed by atoms with E-state index >= 15 is 0 Å². The fourth-order valence-electron chi connectivity index (χ4n) is 2.95. The van der Waals surface area contributed by atoms with Crippen LogP contribution in [-0.4, -0.2) is 43.7 Å². The summed E-state index contributed by atoms with van der Waals surface area (Å²) in [4.78, 5) is 18.7. The van der Waals surface area contributed by atoms with Gasteiger partial charge in [0, 0.05) is 20.6 Å². The van der Waals surface area contributed by atoms with Gasteiger partial charge in [-0.1, -0.05) is 6.92 Å². The molecule has 0 N–H and O–H groups in total. The lowest BCUT2D eigenvalue weighted by Crippen LogP contribution is -2.25. The molecule has 0 aliphatic carbocycles. The van der Waals surface area contributed by atoms with Gasteiger partial charge in [-0.3, -0.25) is 14.0 Å². The first kappa shape index (κ1) is 13.4. The van der Waals surface area contributed by atoms with Gasteiger partial charge < -0.3 is 4.90 Å². The number of alkyl halides is 1. The number of amides is 1. The fraction of sp³-hybridized carbons (Fsp3) is 0.615. The number of likely N-dealkylation sites (N-methyl/N-ethyl adjacent to an activating group) is 1. The van der Waals surface area contributed by atoms with Gasteiger partial charge in [-0.15, -0.1) is 11.6 Å². The largest absolute Gasteiger partial charge is 0.344 e. The van der Waals surface area contributed by atoms with Crippen molar-refractivity contribution in [3.63, 3.8) is 0 Å². The Morgan fingerprint density at radius 3 is 2.70 bits per heavy atom. The first-order valence-corrected chi connectivity index (χ1v) is 7.35. The first-order chi connectivity index (χ1) is 9.58. The number of fused-ring (bicyclic) bond motifs is 1. The van der Waals surface area contributed by atoms with Crippen LogP contribution in [0.1, 0.15) is 30.9 Å². The van der Waals surface area contributed by atoms with E-state index in [-0.39, 0.29) is 11.9 Å². The Hall–Kier alpha value is -1.56. The maximum absolute atomic E-state index is 12.3. The van der Waals surface area contributed by atoms with E-state index < -0.39 is 0 Å². The number of carbonyl (C=O) groups is 1. The number of aromatic nitrogens is 4. The summed E-state index contributed by atoms with van der Waals surface area (Å²) in [6.07, 6.45) is 1.60. The van der Waals surface area contributed by atoms with E-state index in [0.717, 1.165) is 42.1 Å². The quantitative estimate of drug-likeness (QED) is 0.806. The van der Waals surface area contributed by atoms with Crippen molar-refractivity contribution < 1.29 is 4.79 Å². The molecule has 3 heterocycles. The molecule has 108 valence electrons. The number of carbonyl (C=O) groups excluding carboxylic acids is 1. The maximum Gasteiger partial charge on any atom is 0.245 e. The number of likely N-dealkylation sites (tertiary alicyclic amines) is 1. The maximum atomic E-state index is 12.3. The normalized spacial score (nSPS) is 19.5. The van der Waals surface area contributed by atoms with Crippen LogP contribution in [0.4, 0.5) is 0 Å². The monoisotopic (exact) mass is 295 g/mol. The summed E-state index contributed by atoms with van der Waals surface area (Å²) in [7, 11) is 3.72. The van der Waals surface area contributed by atoms with E-state index in [9.17, 15) is 4.79 Å². The number of hydrogen-bond donors (Lipinski definition) is 0. The number of halogens is 1. The summed E-state index contributed by atoms with van der Waals surface area (Å²) < 4.78 is 3.78. The lowest BCUT2D eigenvalue weighted by atomic mass is 10.2. The zero-order chi connectivity index (χ0) is 14.4. The molecular formula is C13H18ClN5O. The van der Waals surface area contributed by atoms with Crippen molar-refractivity contribution >= 4 is 28.7 Å². The topological polar surface area (TPSA) is 56.0 Å².